The lowest BCUT2D eigenvalue weighted by atomic mass is 9.92. The van der Waals surface area contributed by atoms with Gasteiger partial charge in [-0.2, -0.15) is 0 Å². The van der Waals surface area contributed by atoms with E-state index < -0.39 is 53.5 Å². The Morgan fingerprint density at radius 3 is 1.95 bits per heavy atom. The van der Waals surface area contributed by atoms with E-state index in [0.29, 0.717) is 11.3 Å². The fourth-order valence-corrected chi connectivity index (χ4v) is 4.07. The number of carbonyl (C=O) groups excluding carboxylic acids is 4. The summed E-state index contributed by atoms with van der Waals surface area (Å²) in [7, 11) is 0. The van der Waals surface area contributed by atoms with Gasteiger partial charge in [0.2, 0.25) is 11.8 Å². The minimum atomic E-state index is -1.35. The summed E-state index contributed by atoms with van der Waals surface area (Å²) < 4.78 is 5.32. The van der Waals surface area contributed by atoms with Crippen LogP contribution >= 0.6 is 0 Å². The summed E-state index contributed by atoms with van der Waals surface area (Å²) in [5, 5.41) is 5.45. The van der Waals surface area contributed by atoms with E-state index in [4.69, 9.17) is 10.5 Å². The molecule has 206 valence electrons. The summed E-state index contributed by atoms with van der Waals surface area (Å²) in [6, 6.07) is 12.2. The second-order valence-electron chi connectivity index (χ2n) is 11.3. The number of hydrogen-bond donors (Lipinski definition) is 3. The largest absolute Gasteiger partial charge is 0.444 e. The Bertz CT molecular complexity index is 1180. The number of benzene rings is 2. The summed E-state index contributed by atoms with van der Waals surface area (Å²) in [5.41, 5.74) is 6.59. The Morgan fingerprint density at radius 2 is 1.45 bits per heavy atom. The van der Waals surface area contributed by atoms with Gasteiger partial charge in [-0.25, -0.2) is 4.79 Å². The van der Waals surface area contributed by atoms with Gasteiger partial charge in [0, 0.05) is 11.2 Å². The van der Waals surface area contributed by atoms with E-state index in [0.717, 1.165) is 11.1 Å². The maximum atomic E-state index is 14.1. The smallest absolute Gasteiger partial charge is 0.408 e. The van der Waals surface area contributed by atoms with Crippen LogP contribution in [0.25, 0.3) is 0 Å². The van der Waals surface area contributed by atoms with Crippen molar-refractivity contribution in [3.8, 4) is 0 Å². The third-order valence-corrected chi connectivity index (χ3v) is 5.75. The number of nitrogens with zero attached hydrogens (tertiary/aromatic N) is 1. The number of hydrogen-bond acceptors (Lipinski definition) is 5. The predicted octanol–water partition coefficient (Wildman–Crippen LogP) is 4.38. The summed E-state index contributed by atoms with van der Waals surface area (Å²) in [6.07, 6.45) is -1.34. The molecule has 0 saturated heterocycles. The molecule has 0 bridgehead atoms. The maximum Gasteiger partial charge on any atom is 0.408 e. The molecule has 0 aliphatic heterocycles. The monoisotopic (exact) mass is 524 g/mol. The minimum Gasteiger partial charge on any atom is -0.444 e. The van der Waals surface area contributed by atoms with E-state index in [1.54, 1.807) is 59.7 Å². The van der Waals surface area contributed by atoms with Gasteiger partial charge in [-0.05, 0) is 78.1 Å². The van der Waals surface area contributed by atoms with Gasteiger partial charge in [0.15, 0.2) is 0 Å². The van der Waals surface area contributed by atoms with Crippen LogP contribution in [0, 0.1) is 13.8 Å². The van der Waals surface area contributed by atoms with E-state index in [1.165, 1.54) is 4.90 Å². The minimum absolute atomic E-state index is 0.438. The van der Waals surface area contributed by atoms with Crippen molar-refractivity contribution < 1.29 is 23.9 Å². The van der Waals surface area contributed by atoms with Gasteiger partial charge in [0.1, 0.15) is 17.7 Å². The first-order chi connectivity index (χ1) is 17.5. The number of carbonyl (C=O) groups is 4. The second-order valence-corrected chi connectivity index (χ2v) is 11.3. The van der Waals surface area contributed by atoms with Gasteiger partial charge >= 0.3 is 6.09 Å². The standard InChI is InChI=1S/C29H40N4O5/c1-18-13-9-11-15-20(18)24(25(35)31-21-16-12-10-14-19(21)2)33(28(3,4)5)26(36)22(17-23(30)34)32-27(37)38-29(6,7)8/h9-16,22,24H,17H2,1-8H3,(H2,30,34)(H,31,35)(H,32,37). The van der Waals surface area contributed by atoms with Gasteiger partial charge in [-0.1, -0.05) is 42.5 Å². The van der Waals surface area contributed by atoms with Crippen molar-refractivity contribution in [1.29, 1.82) is 0 Å². The van der Waals surface area contributed by atoms with Crippen molar-refractivity contribution >= 4 is 29.5 Å². The molecule has 0 saturated carbocycles. The molecular formula is C29H40N4O5. The molecule has 2 aromatic rings. The zero-order valence-corrected chi connectivity index (χ0v) is 23.5. The van der Waals surface area contributed by atoms with Gasteiger partial charge in [-0.15, -0.1) is 0 Å². The van der Waals surface area contributed by atoms with Crippen LogP contribution in [0.4, 0.5) is 10.5 Å². The topological polar surface area (TPSA) is 131 Å². The summed E-state index contributed by atoms with van der Waals surface area (Å²) >= 11 is 0. The normalized spacial score (nSPS) is 13.2. The lowest BCUT2D eigenvalue weighted by molar-refractivity contribution is -0.147. The molecule has 2 unspecified atom stereocenters. The van der Waals surface area contributed by atoms with Gasteiger partial charge in [0.25, 0.3) is 5.91 Å². The third-order valence-electron chi connectivity index (χ3n) is 5.75. The number of alkyl carbamates (subject to hydrolysis) is 1. The van der Waals surface area contributed by atoms with Crippen LogP contribution in [0.5, 0.6) is 0 Å². The van der Waals surface area contributed by atoms with Crippen LogP contribution in [0.2, 0.25) is 0 Å². The lowest BCUT2D eigenvalue weighted by Gasteiger charge is -2.43. The Hall–Kier alpha value is -3.88. The van der Waals surface area contributed by atoms with Crippen molar-refractivity contribution in [2.75, 3.05) is 5.32 Å². The Kier molecular flexibility index (Phi) is 9.67. The van der Waals surface area contributed by atoms with E-state index >= 15 is 0 Å². The number of para-hydroxylation sites is 1. The highest BCUT2D eigenvalue weighted by Crippen LogP contribution is 2.33. The van der Waals surface area contributed by atoms with Crippen LogP contribution in [0.15, 0.2) is 48.5 Å². The van der Waals surface area contributed by atoms with Crippen molar-refractivity contribution in [3.05, 3.63) is 65.2 Å². The first kappa shape index (κ1) is 30.3. The van der Waals surface area contributed by atoms with Crippen LogP contribution in [0.3, 0.4) is 0 Å². The first-order valence-electron chi connectivity index (χ1n) is 12.5. The number of nitrogens with one attached hydrogen (secondary N) is 2. The molecule has 2 atom stereocenters. The van der Waals surface area contributed by atoms with E-state index in [9.17, 15) is 19.2 Å². The first-order valence-corrected chi connectivity index (χ1v) is 12.5. The number of aryl methyl sites for hydroxylation is 2. The van der Waals surface area contributed by atoms with E-state index in [1.807, 2.05) is 44.2 Å². The molecule has 0 fully saturated rings. The molecular weight excluding hydrogens is 484 g/mol. The number of ether oxygens (including phenoxy) is 1. The summed E-state index contributed by atoms with van der Waals surface area (Å²) in [6.45, 7) is 14.1. The highest BCUT2D eigenvalue weighted by molar-refractivity contribution is 6.00. The van der Waals surface area contributed by atoms with Crippen LogP contribution < -0.4 is 16.4 Å². The molecule has 0 aromatic heterocycles. The average molecular weight is 525 g/mol. The molecule has 0 radical (unpaired) electrons. The molecule has 2 rings (SSSR count). The second kappa shape index (κ2) is 12.1. The predicted molar refractivity (Wildman–Crippen MR) is 147 cm³/mol. The fraction of sp³-hybridized carbons (Fsp3) is 0.448. The van der Waals surface area contributed by atoms with Crippen LogP contribution in [-0.4, -0.2) is 45.9 Å². The number of anilines is 1. The molecule has 0 aliphatic carbocycles. The number of rotatable bonds is 8. The quantitative estimate of drug-likeness (QED) is 0.472. The zero-order valence-electron chi connectivity index (χ0n) is 23.5. The van der Waals surface area contributed by atoms with Gasteiger partial charge < -0.3 is 26.0 Å². The summed E-state index contributed by atoms with van der Waals surface area (Å²) in [5.74, 6) is -1.87. The van der Waals surface area contributed by atoms with Crippen LogP contribution in [-0.2, 0) is 19.1 Å². The van der Waals surface area contributed by atoms with Crippen molar-refractivity contribution in [2.45, 2.75) is 85.0 Å². The maximum absolute atomic E-state index is 14.1. The SMILES string of the molecule is Cc1ccccc1NC(=O)C(c1ccccc1C)N(C(=O)C(CC(N)=O)NC(=O)OC(C)(C)C)C(C)(C)C. The highest BCUT2D eigenvalue weighted by atomic mass is 16.6. The zero-order chi connectivity index (χ0) is 28.8. The molecule has 0 aliphatic rings. The average Bonchev–Trinajstić information content (AvgIpc) is 2.76. The van der Waals surface area contributed by atoms with Gasteiger partial charge in [0.05, 0.1) is 6.42 Å². The van der Waals surface area contributed by atoms with Crippen molar-refractivity contribution in [1.82, 2.24) is 10.2 Å². The molecule has 9 heteroatoms. The molecule has 4 N–H and O–H groups in total. The summed E-state index contributed by atoms with van der Waals surface area (Å²) in [4.78, 5) is 54.0. The number of amides is 4. The van der Waals surface area contributed by atoms with Crippen molar-refractivity contribution in [3.63, 3.8) is 0 Å². The molecule has 0 heterocycles. The molecule has 0 spiro atoms. The lowest BCUT2D eigenvalue weighted by Crippen LogP contribution is -2.58. The van der Waals surface area contributed by atoms with E-state index in [-0.39, 0.29) is 0 Å². The number of nitrogens with two attached hydrogens (primary N) is 1. The molecule has 2 aromatic carbocycles. The third kappa shape index (κ3) is 8.33. The Labute approximate surface area is 225 Å². The Balaban J connectivity index is 2.62. The Morgan fingerprint density at radius 1 is 0.895 bits per heavy atom. The molecule has 38 heavy (non-hydrogen) atoms. The number of primary amides is 1. The van der Waals surface area contributed by atoms with Crippen molar-refractivity contribution in [2.24, 2.45) is 5.73 Å². The van der Waals surface area contributed by atoms with Gasteiger partial charge in [-0.3, -0.25) is 14.4 Å². The molecule has 4 amide bonds. The van der Waals surface area contributed by atoms with Crippen LogP contribution in [0.1, 0.15) is 70.7 Å². The van der Waals surface area contributed by atoms with E-state index in [2.05, 4.69) is 10.6 Å². The fourth-order valence-electron chi connectivity index (χ4n) is 4.07. The molecule has 9 nitrogen and oxygen atoms in total. The highest BCUT2D eigenvalue weighted by Gasteiger charge is 2.42.